The van der Waals surface area contributed by atoms with E-state index in [1.807, 2.05) is 36.0 Å². The van der Waals surface area contributed by atoms with E-state index in [1.54, 1.807) is 23.5 Å². The quantitative estimate of drug-likeness (QED) is 0.262. The Kier molecular flexibility index (Phi) is 11.6. The number of amides is 2. The van der Waals surface area contributed by atoms with Crippen LogP contribution in [0.1, 0.15) is 22.4 Å². The predicted octanol–water partition coefficient (Wildman–Crippen LogP) is 3.28. The van der Waals surface area contributed by atoms with Crippen LogP contribution in [0.25, 0.3) is 0 Å². The molecule has 1 fully saturated rings. The van der Waals surface area contributed by atoms with Crippen LogP contribution >= 0.6 is 22.9 Å². The number of benzene rings is 2. The number of nitrogens with zero attached hydrogens (tertiary/aromatic N) is 3. The number of piperazine rings is 1. The van der Waals surface area contributed by atoms with Crippen molar-refractivity contribution < 1.29 is 14.6 Å². The van der Waals surface area contributed by atoms with Gasteiger partial charge in [0.05, 0.1) is 0 Å². The van der Waals surface area contributed by atoms with E-state index >= 15 is 0 Å². The predicted molar refractivity (Wildman–Crippen MR) is 168 cm³/mol. The maximum atomic E-state index is 13.6. The summed E-state index contributed by atoms with van der Waals surface area (Å²) in [6.07, 6.45) is 1.45. The normalized spacial score (nSPS) is 14.3. The van der Waals surface area contributed by atoms with Crippen LogP contribution in [0.3, 0.4) is 0 Å². The maximum Gasteiger partial charge on any atom is 0.376 e. The molecule has 3 aromatic rings. The Morgan fingerprint density at radius 3 is 2.49 bits per heavy atom. The fourth-order valence-corrected chi connectivity index (χ4v) is 5.94. The molecule has 0 aliphatic carbocycles. The van der Waals surface area contributed by atoms with Gasteiger partial charge in [0, 0.05) is 67.7 Å². The Hall–Kier alpha value is -2.89. The van der Waals surface area contributed by atoms with Gasteiger partial charge in [-0.3, -0.25) is 9.59 Å². The number of rotatable bonds is 13. The van der Waals surface area contributed by atoms with Crippen LogP contribution in [-0.4, -0.2) is 78.9 Å². The van der Waals surface area contributed by atoms with Crippen LogP contribution in [0.2, 0.25) is 11.8 Å². The van der Waals surface area contributed by atoms with Crippen LogP contribution in [-0.2, 0) is 29.0 Å². The van der Waals surface area contributed by atoms with Gasteiger partial charge < -0.3 is 30.7 Å². The molecule has 0 unspecified atom stereocenters. The molecular weight excluding hydrogens is 557 g/mol. The van der Waals surface area contributed by atoms with Gasteiger partial charge in [0.1, 0.15) is 6.04 Å². The smallest absolute Gasteiger partial charge is 0.376 e. The first-order chi connectivity index (χ1) is 19.8. The summed E-state index contributed by atoms with van der Waals surface area (Å²) in [6.45, 7) is 5.90. The number of nitrogens with one attached hydrogen (secondary N) is 1. The molecule has 218 valence electrons. The molecule has 2 heterocycles. The number of thiophene rings is 1. The topological polar surface area (TPSA) is 102 Å². The molecule has 1 saturated heterocycles. The third kappa shape index (κ3) is 9.05. The molecule has 41 heavy (non-hydrogen) atoms. The van der Waals surface area contributed by atoms with E-state index in [0.717, 1.165) is 29.8 Å². The number of anilines is 1. The molecule has 11 heteroatoms. The number of hydrogen-bond acceptors (Lipinski definition) is 7. The first-order valence-corrected chi connectivity index (χ1v) is 15.4. The van der Waals surface area contributed by atoms with E-state index in [2.05, 4.69) is 44.7 Å². The van der Waals surface area contributed by atoms with Crippen molar-refractivity contribution in [3.05, 3.63) is 87.1 Å². The summed E-state index contributed by atoms with van der Waals surface area (Å²) in [5.74, 6) is -0.318. The van der Waals surface area contributed by atoms with Gasteiger partial charge in [0.15, 0.2) is 0 Å². The van der Waals surface area contributed by atoms with Crippen molar-refractivity contribution in [3.8, 4) is 0 Å². The lowest BCUT2D eigenvalue weighted by Crippen LogP contribution is -2.56. The fraction of sp³-hybridized carbons (Fsp3) is 0.400. The number of nitrogens with two attached hydrogens (primary N) is 1. The lowest BCUT2D eigenvalue weighted by atomic mass is 9.84. The molecule has 4 rings (SSSR count). The maximum absolute atomic E-state index is 13.6. The Labute approximate surface area is 252 Å². The minimum absolute atomic E-state index is 0.0906. The summed E-state index contributed by atoms with van der Waals surface area (Å²) in [7, 11) is -0.565. The lowest BCUT2D eigenvalue weighted by molar-refractivity contribution is -0.136. The zero-order valence-corrected chi connectivity index (χ0v) is 25.1. The molecule has 0 spiro atoms. The van der Waals surface area contributed by atoms with Gasteiger partial charge in [-0.15, -0.1) is 11.3 Å². The molecule has 1 atom stereocenters. The highest BCUT2D eigenvalue weighted by Crippen LogP contribution is 2.24. The SMILES string of the molecule is CB(O)N(CCc1cccs1)Cc1ccccc1N1CCN(C(=O)[C@@H](Cc2ccc(Cl)cc2)NC(=O)CCN)CC1. The fourth-order valence-electron chi connectivity index (χ4n) is 5.12. The minimum Gasteiger partial charge on any atom is -0.437 e. The van der Waals surface area contributed by atoms with Gasteiger partial charge >= 0.3 is 7.05 Å². The number of halogens is 1. The standard InChI is InChI=1S/C30H39BClN5O3S/c1-31(40)37(15-13-26-6-4-20-41-26)22-24-5-2-3-7-28(24)35-16-18-36(19-17-35)30(39)27(34-29(38)12-14-33)21-23-8-10-25(32)11-9-23/h2-11,20,27,40H,12-19,21-22,33H2,1H3,(H,34,38)/t27-/m1/s1. The molecule has 1 aliphatic heterocycles. The Balaban J connectivity index is 1.40. The molecule has 2 amide bonds. The average Bonchev–Trinajstić information content (AvgIpc) is 3.50. The van der Waals surface area contributed by atoms with E-state index in [4.69, 9.17) is 17.3 Å². The van der Waals surface area contributed by atoms with Crippen LogP contribution in [0, 0.1) is 0 Å². The van der Waals surface area contributed by atoms with E-state index in [1.165, 1.54) is 4.88 Å². The number of carbonyl (C=O) groups excluding carboxylic acids is 2. The summed E-state index contributed by atoms with van der Waals surface area (Å²) in [5, 5.41) is 16.1. The Morgan fingerprint density at radius 1 is 1.10 bits per heavy atom. The molecule has 4 N–H and O–H groups in total. The molecule has 0 radical (unpaired) electrons. The van der Waals surface area contributed by atoms with Gasteiger partial charge in [0.2, 0.25) is 11.8 Å². The largest absolute Gasteiger partial charge is 0.437 e. The van der Waals surface area contributed by atoms with Gasteiger partial charge in [-0.05, 0) is 60.6 Å². The van der Waals surface area contributed by atoms with Crippen molar-refractivity contribution in [1.29, 1.82) is 0 Å². The number of hydrogen-bond donors (Lipinski definition) is 3. The molecule has 1 aromatic heterocycles. The van der Waals surface area contributed by atoms with Crippen LogP contribution < -0.4 is 16.0 Å². The second-order valence-corrected chi connectivity index (χ2v) is 11.8. The molecule has 2 aromatic carbocycles. The van der Waals surface area contributed by atoms with Crippen molar-refractivity contribution in [2.24, 2.45) is 5.73 Å². The molecule has 1 aliphatic rings. The molecule has 0 saturated carbocycles. The second-order valence-electron chi connectivity index (χ2n) is 10.4. The highest BCUT2D eigenvalue weighted by atomic mass is 35.5. The van der Waals surface area contributed by atoms with Crippen molar-refractivity contribution >= 4 is 47.5 Å². The van der Waals surface area contributed by atoms with Crippen molar-refractivity contribution in [2.75, 3.05) is 44.2 Å². The van der Waals surface area contributed by atoms with E-state index < -0.39 is 13.1 Å². The van der Waals surface area contributed by atoms with Gasteiger partial charge in [-0.2, -0.15) is 0 Å². The van der Waals surface area contributed by atoms with E-state index in [9.17, 15) is 14.6 Å². The minimum atomic E-state index is -0.669. The van der Waals surface area contributed by atoms with E-state index in [0.29, 0.717) is 44.2 Å². The summed E-state index contributed by atoms with van der Waals surface area (Å²) in [5.41, 5.74) is 8.76. The van der Waals surface area contributed by atoms with Gasteiger partial charge in [0.25, 0.3) is 0 Å². The second kappa shape index (κ2) is 15.4. The molecular formula is C30H39BClN5O3S. The first-order valence-electron chi connectivity index (χ1n) is 14.1. The van der Waals surface area contributed by atoms with Crippen LogP contribution in [0.5, 0.6) is 0 Å². The highest BCUT2D eigenvalue weighted by Gasteiger charge is 2.30. The monoisotopic (exact) mass is 595 g/mol. The summed E-state index contributed by atoms with van der Waals surface area (Å²) >= 11 is 7.77. The third-order valence-electron chi connectivity index (χ3n) is 7.41. The third-order valence-corrected chi connectivity index (χ3v) is 8.60. The summed E-state index contributed by atoms with van der Waals surface area (Å²) in [4.78, 5) is 33.5. The van der Waals surface area contributed by atoms with Gasteiger partial charge in [-0.25, -0.2) is 0 Å². The van der Waals surface area contributed by atoms with Crippen molar-refractivity contribution in [3.63, 3.8) is 0 Å². The first kappa shape index (κ1) is 31.1. The van der Waals surface area contributed by atoms with Crippen molar-refractivity contribution in [2.45, 2.75) is 38.7 Å². The van der Waals surface area contributed by atoms with Crippen LogP contribution in [0.15, 0.2) is 66.0 Å². The lowest BCUT2D eigenvalue weighted by Gasteiger charge is -2.39. The summed E-state index contributed by atoms with van der Waals surface area (Å²) < 4.78 is 0. The highest BCUT2D eigenvalue weighted by molar-refractivity contribution is 7.09. The number of para-hydroxylation sites is 1. The van der Waals surface area contributed by atoms with Crippen molar-refractivity contribution in [1.82, 2.24) is 15.0 Å². The average molecular weight is 596 g/mol. The van der Waals surface area contributed by atoms with Crippen LogP contribution in [0.4, 0.5) is 5.69 Å². The summed E-state index contributed by atoms with van der Waals surface area (Å²) in [6, 6.07) is 19.1. The molecule has 8 nitrogen and oxygen atoms in total. The zero-order chi connectivity index (χ0) is 29.2. The number of carbonyl (C=O) groups is 2. The molecule has 0 bridgehead atoms. The zero-order valence-electron chi connectivity index (χ0n) is 23.5. The van der Waals surface area contributed by atoms with E-state index in [-0.39, 0.29) is 24.8 Å². The Bertz CT molecular complexity index is 1250. The Morgan fingerprint density at radius 2 is 1.83 bits per heavy atom. The van der Waals surface area contributed by atoms with Gasteiger partial charge in [-0.1, -0.05) is 48.0 Å².